The second-order valence-electron chi connectivity index (χ2n) is 7.73. The Morgan fingerprint density at radius 2 is 2.00 bits per heavy atom. The first-order valence-corrected chi connectivity index (χ1v) is 9.40. The van der Waals surface area contributed by atoms with Crippen LogP contribution in [0, 0.1) is 0 Å². The van der Waals surface area contributed by atoms with Crippen molar-refractivity contribution in [2.75, 3.05) is 26.7 Å². The van der Waals surface area contributed by atoms with E-state index >= 15 is 0 Å². The number of ether oxygens (including phenoxy) is 1. The zero-order valence-corrected chi connectivity index (χ0v) is 16.2. The Kier molecular flexibility index (Phi) is 5.39. The van der Waals surface area contributed by atoms with E-state index in [4.69, 9.17) is 4.74 Å². The molecule has 1 saturated heterocycles. The van der Waals surface area contributed by atoms with Crippen LogP contribution in [0.1, 0.15) is 43.5 Å². The van der Waals surface area contributed by atoms with Gasteiger partial charge >= 0.3 is 0 Å². The first-order chi connectivity index (χ1) is 12.8. The zero-order chi connectivity index (χ0) is 19.6. The molecule has 1 fully saturated rings. The fourth-order valence-corrected chi connectivity index (χ4v) is 3.66. The summed E-state index contributed by atoms with van der Waals surface area (Å²) in [6.07, 6.45) is 1.48. The van der Waals surface area contributed by atoms with Gasteiger partial charge in [-0.15, -0.1) is 0 Å². The molecule has 146 valence electrons. The number of amides is 3. The van der Waals surface area contributed by atoms with E-state index in [0.29, 0.717) is 37.1 Å². The van der Waals surface area contributed by atoms with Gasteiger partial charge in [0.15, 0.2) is 0 Å². The molecule has 2 aliphatic rings. The lowest BCUT2D eigenvalue weighted by atomic mass is 9.93. The van der Waals surface area contributed by atoms with E-state index in [9.17, 15) is 14.4 Å². The molecule has 27 heavy (non-hydrogen) atoms. The maximum absolute atomic E-state index is 13.1. The third-order valence-electron chi connectivity index (χ3n) is 5.12. The van der Waals surface area contributed by atoms with Crippen LogP contribution in [-0.4, -0.2) is 65.8 Å². The van der Waals surface area contributed by atoms with Crippen molar-refractivity contribution in [2.24, 2.45) is 0 Å². The van der Waals surface area contributed by atoms with Crippen molar-refractivity contribution in [3.63, 3.8) is 0 Å². The summed E-state index contributed by atoms with van der Waals surface area (Å²) in [5, 5.41) is 2.84. The summed E-state index contributed by atoms with van der Waals surface area (Å²) in [5.41, 5.74) is -0.225. The molecule has 1 N–H and O–H groups in total. The van der Waals surface area contributed by atoms with Crippen LogP contribution in [0.2, 0.25) is 0 Å². The van der Waals surface area contributed by atoms with Gasteiger partial charge in [-0.2, -0.15) is 0 Å². The Balaban J connectivity index is 1.93. The number of likely N-dealkylation sites (tertiary alicyclic amines) is 1. The lowest BCUT2D eigenvalue weighted by molar-refractivity contribution is -0.129. The third-order valence-corrected chi connectivity index (χ3v) is 5.12. The molecule has 0 bridgehead atoms. The Morgan fingerprint density at radius 1 is 1.26 bits per heavy atom. The topological polar surface area (TPSA) is 79.0 Å². The molecule has 2 aliphatic heterocycles. The van der Waals surface area contributed by atoms with Gasteiger partial charge in [0.25, 0.3) is 5.91 Å². The van der Waals surface area contributed by atoms with Gasteiger partial charge in [-0.05, 0) is 32.4 Å². The number of fused-ring (bicyclic) bond motifs is 1. The van der Waals surface area contributed by atoms with E-state index in [2.05, 4.69) is 5.32 Å². The van der Waals surface area contributed by atoms with Crippen LogP contribution in [-0.2, 0) is 9.59 Å². The molecule has 1 aromatic rings. The molecule has 1 spiro atoms. The number of benzene rings is 1. The van der Waals surface area contributed by atoms with Crippen LogP contribution in [0.25, 0.3) is 0 Å². The Hall–Kier alpha value is -2.57. The number of nitrogens with one attached hydrogen (secondary N) is 1. The lowest BCUT2D eigenvalue weighted by Crippen LogP contribution is -2.51. The van der Waals surface area contributed by atoms with Crippen molar-refractivity contribution in [1.82, 2.24) is 15.1 Å². The predicted octanol–water partition coefficient (Wildman–Crippen LogP) is 1.43. The van der Waals surface area contributed by atoms with Gasteiger partial charge in [-0.1, -0.05) is 12.1 Å². The minimum atomic E-state index is -0.680. The summed E-state index contributed by atoms with van der Waals surface area (Å²) in [5.74, 6) is 0.176. The van der Waals surface area contributed by atoms with Crippen molar-refractivity contribution in [3.8, 4) is 5.75 Å². The van der Waals surface area contributed by atoms with Crippen molar-refractivity contribution in [2.45, 2.75) is 44.8 Å². The fourth-order valence-electron chi connectivity index (χ4n) is 3.66. The van der Waals surface area contributed by atoms with Crippen molar-refractivity contribution < 1.29 is 19.1 Å². The maximum Gasteiger partial charge on any atom is 0.258 e. The van der Waals surface area contributed by atoms with Crippen LogP contribution in [0.3, 0.4) is 0 Å². The normalized spacial score (nSPS) is 23.0. The molecule has 7 nitrogen and oxygen atoms in total. The molecule has 0 radical (unpaired) electrons. The number of para-hydroxylation sites is 1. The minimum absolute atomic E-state index is 0.00114. The van der Waals surface area contributed by atoms with E-state index in [-0.39, 0.29) is 36.9 Å². The van der Waals surface area contributed by atoms with Crippen LogP contribution in [0.5, 0.6) is 5.75 Å². The molecule has 0 aliphatic carbocycles. The second kappa shape index (κ2) is 7.58. The van der Waals surface area contributed by atoms with E-state index < -0.39 is 5.60 Å². The zero-order valence-electron chi connectivity index (χ0n) is 16.2. The monoisotopic (exact) mass is 373 g/mol. The smallest absolute Gasteiger partial charge is 0.258 e. The standard InChI is InChI=1S/C20H27N3O4/c1-14(2)21-17(24)12-23-13-20(9-8-18(25)22(3)11-10-20)27-16-7-5-4-6-15(16)19(23)26/h4-7,14H,8-13H2,1-3H3,(H,21,24)/t20-/m0/s1. The highest BCUT2D eigenvalue weighted by atomic mass is 16.5. The minimum Gasteiger partial charge on any atom is -0.485 e. The van der Waals surface area contributed by atoms with Gasteiger partial charge in [-0.3, -0.25) is 14.4 Å². The summed E-state index contributed by atoms with van der Waals surface area (Å²) in [7, 11) is 1.78. The Bertz CT molecular complexity index is 748. The van der Waals surface area contributed by atoms with Crippen LogP contribution in [0.4, 0.5) is 0 Å². The Morgan fingerprint density at radius 3 is 2.74 bits per heavy atom. The number of carbonyl (C=O) groups excluding carboxylic acids is 3. The number of carbonyl (C=O) groups is 3. The van der Waals surface area contributed by atoms with Crippen LogP contribution < -0.4 is 10.1 Å². The summed E-state index contributed by atoms with van der Waals surface area (Å²) in [6.45, 7) is 4.58. The largest absolute Gasteiger partial charge is 0.485 e. The van der Waals surface area contributed by atoms with Crippen molar-refractivity contribution >= 4 is 17.7 Å². The first kappa shape index (κ1) is 19.2. The lowest BCUT2D eigenvalue weighted by Gasteiger charge is -2.35. The van der Waals surface area contributed by atoms with Gasteiger partial charge in [0.05, 0.1) is 12.1 Å². The molecular formula is C20H27N3O4. The van der Waals surface area contributed by atoms with Crippen LogP contribution >= 0.6 is 0 Å². The van der Waals surface area contributed by atoms with Gasteiger partial charge in [0.1, 0.15) is 17.9 Å². The number of hydrogen-bond acceptors (Lipinski definition) is 4. The molecule has 7 heteroatoms. The molecule has 0 saturated carbocycles. The molecule has 1 atom stereocenters. The highest BCUT2D eigenvalue weighted by Crippen LogP contribution is 2.35. The number of rotatable bonds is 3. The summed E-state index contributed by atoms with van der Waals surface area (Å²) >= 11 is 0. The first-order valence-electron chi connectivity index (χ1n) is 9.40. The van der Waals surface area contributed by atoms with Crippen LogP contribution in [0.15, 0.2) is 24.3 Å². The van der Waals surface area contributed by atoms with E-state index in [1.165, 1.54) is 0 Å². The van der Waals surface area contributed by atoms with Crippen molar-refractivity contribution in [3.05, 3.63) is 29.8 Å². The van der Waals surface area contributed by atoms with E-state index in [1.54, 1.807) is 35.0 Å². The molecule has 3 rings (SSSR count). The molecule has 1 aromatic carbocycles. The summed E-state index contributed by atoms with van der Waals surface area (Å²) < 4.78 is 6.35. The van der Waals surface area contributed by atoms with Gasteiger partial charge < -0.3 is 19.9 Å². The number of hydrogen-bond donors (Lipinski definition) is 1. The van der Waals surface area contributed by atoms with Crippen molar-refractivity contribution in [1.29, 1.82) is 0 Å². The molecular weight excluding hydrogens is 346 g/mol. The molecule has 2 heterocycles. The van der Waals surface area contributed by atoms with Gasteiger partial charge in [0.2, 0.25) is 11.8 Å². The third kappa shape index (κ3) is 4.23. The number of nitrogens with zero attached hydrogens (tertiary/aromatic N) is 2. The average Bonchev–Trinajstić information content (AvgIpc) is 2.81. The van der Waals surface area contributed by atoms with E-state index in [0.717, 1.165) is 0 Å². The quantitative estimate of drug-likeness (QED) is 0.869. The Labute approximate surface area is 159 Å². The summed E-state index contributed by atoms with van der Waals surface area (Å²) in [4.78, 5) is 40.8. The highest BCUT2D eigenvalue weighted by Gasteiger charge is 2.43. The molecule has 0 unspecified atom stereocenters. The molecule has 0 aromatic heterocycles. The SMILES string of the molecule is CC(C)NC(=O)CN1C[C@@]2(CCC(=O)N(C)CC2)Oc2ccccc2C1=O. The second-order valence-corrected chi connectivity index (χ2v) is 7.73. The van der Waals surface area contributed by atoms with Gasteiger partial charge in [-0.25, -0.2) is 0 Å². The van der Waals surface area contributed by atoms with Gasteiger partial charge in [0, 0.05) is 32.5 Å². The molecule has 3 amide bonds. The summed E-state index contributed by atoms with van der Waals surface area (Å²) in [6, 6.07) is 7.12. The predicted molar refractivity (Wildman–Crippen MR) is 100 cm³/mol. The van der Waals surface area contributed by atoms with E-state index in [1.807, 2.05) is 19.9 Å². The average molecular weight is 373 g/mol. The highest BCUT2D eigenvalue weighted by molar-refractivity contribution is 5.99. The maximum atomic E-state index is 13.1. The fraction of sp³-hybridized carbons (Fsp3) is 0.550.